The number of hydrogen-bond donors (Lipinski definition) is 1. The lowest BCUT2D eigenvalue weighted by molar-refractivity contribution is -0.121. The van der Waals surface area contributed by atoms with Crippen molar-refractivity contribution in [3.8, 4) is 5.69 Å². The molecule has 0 radical (unpaired) electrons. The number of fused-ring (bicyclic) bond motifs is 1. The van der Waals surface area contributed by atoms with Crippen LogP contribution in [0.1, 0.15) is 23.4 Å². The standard InChI is InChI=1S/C30H32FN5O2/c1-21-7-12-27(22(2)19-21)35-17-15-34(16-18-35)14-13-29(37)32-20-28-33-26-6-4-3-5-25(26)30(38)36(28)24-10-8-23(31)9-11-24/h3-12,19H,13-18,20H2,1-2H3,(H,32,37). The summed E-state index contributed by atoms with van der Waals surface area (Å²) in [5.41, 5.74) is 4.64. The number of halogens is 1. The Morgan fingerprint density at radius 3 is 2.45 bits per heavy atom. The average molecular weight is 514 g/mol. The quantitative estimate of drug-likeness (QED) is 0.405. The van der Waals surface area contributed by atoms with E-state index in [1.807, 2.05) is 6.07 Å². The van der Waals surface area contributed by atoms with Crippen molar-refractivity contribution in [3.05, 3.63) is 99.9 Å². The zero-order valence-electron chi connectivity index (χ0n) is 21.8. The van der Waals surface area contributed by atoms with Gasteiger partial charge in [0.25, 0.3) is 5.56 Å². The summed E-state index contributed by atoms with van der Waals surface area (Å²) in [6.45, 7) is 8.68. The molecule has 38 heavy (non-hydrogen) atoms. The van der Waals surface area contributed by atoms with Gasteiger partial charge in [0.1, 0.15) is 11.6 Å². The Kier molecular flexibility index (Phi) is 7.51. The van der Waals surface area contributed by atoms with Gasteiger partial charge in [0.15, 0.2) is 0 Å². The molecule has 0 saturated carbocycles. The number of amides is 1. The molecule has 3 aromatic carbocycles. The number of piperazine rings is 1. The normalized spacial score (nSPS) is 14.1. The number of nitrogens with one attached hydrogen (secondary N) is 1. The molecule has 0 unspecified atom stereocenters. The van der Waals surface area contributed by atoms with Crippen LogP contribution in [0.4, 0.5) is 10.1 Å². The first-order chi connectivity index (χ1) is 18.4. The maximum atomic E-state index is 13.5. The van der Waals surface area contributed by atoms with Gasteiger partial charge in [0.05, 0.1) is 23.1 Å². The highest BCUT2D eigenvalue weighted by Gasteiger charge is 2.19. The Morgan fingerprint density at radius 1 is 0.974 bits per heavy atom. The van der Waals surface area contributed by atoms with Crippen LogP contribution in [0.2, 0.25) is 0 Å². The van der Waals surface area contributed by atoms with Gasteiger partial charge in [-0.2, -0.15) is 0 Å². The van der Waals surface area contributed by atoms with Crippen LogP contribution in [0, 0.1) is 19.7 Å². The fourth-order valence-corrected chi connectivity index (χ4v) is 5.05. The highest BCUT2D eigenvalue weighted by molar-refractivity contribution is 5.78. The Hall–Kier alpha value is -4.04. The second kappa shape index (κ2) is 11.1. The molecule has 0 bridgehead atoms. The second-order valence-electron chi connectivity index (χ2n) is 9.81. The lowest BCUT2D eigenvalue weighted by Gasteiger charge is -2.36. The minimum Gasteiger partial charge on any atom is -0.369 e. The van der Waals surface area contributed by atoms with Gasteiger partial charge in [0, 0.05) is 44.8 Å². The van der Waals surface area contributed by atoms with Crippen LogP contribution in [-0.4, -0.2) is 53.1 Å². The fraction of sp³-hybridized carbons (Fsp3) is 0.300. The van der Waals surface area contributed by atoms with E-state index in [2.05, 4.69) is 52.1 Å². The van der Waals surface area contributed by atoms with Gasteiger partial charge in [-0.25, -0.2) is 9.37 Å². The van der Waals surface area contributed by atoms with Crippen molar-refractivity contribution in [3.63, 3.8) is 0 Å². The zero-order chi connectivity index (χ0) is 26.6. The Bertz CT molecular complexity index is 1510. The van der Waals surface area contributed by atoms with Crippen molar-refractivity contribution in [2.45, 2.75) is 26.8 Å². The number of anilines is 1. The van der Waals surface area contributed by atoms with E-state index < -0.39 is 0 Å². The van der Waals surface area contributed by atoms with Crippen LogP contribution in [-0.2, 0) is 11.3 Å². The van der Waals surface area contributed by atoms with Crippen molar-refractivity contribution < 1.29 is 9.18 Å². The molecule has 1 aliphatic rings. The van der Waals surface area contributed by atoms with E-state index >= 15 is 0 Å². The van der Waals surface area contributed by atoms with E-state index in [0.717, 1.165) is 26.2 Å². The third kappa shape index (κ3) is 5.60. The molecule has 4 aromatic rings. The molecule has 0 aliphatic carbocycles. The molecule has 196 valence electrons. The number of aromatic nitrogens is 2. The molecule has 1 amide bonds. The third-order valence-corrected chi connectivity index (χ3v) is 7.09. The van der Waals surface area contributed by atoms with Crippen LogP contribution < -0.4 is 15.8 Å². The maximum absolute atomic E-state index is 13.5. The first-order valence-electron chi connectivity index (χ1n) is 13.0. The molecule has 2 heterocycles. The summed E-state index contributed by atoms with van der Waals surface area (Å²) < 4.78 is 15.0. The van der Waals surface area contributed by atoms with E-state index in [0.29, 0.717) is 35.4 Å². The van der Waals surface area contributed by atoms with Crippen LogP contribution in [0.25, 0.3) is 16.6 Å². The number of para-hydroxylation sites is 1. The average Bonchev–Trinajstić information content (AvgIpc) is 2.92. The van der Waals surface area contributed by atoms with Crippen molar-refractivity contribution in [2.24, 2.45) is 0 Å². The van der Waals surface area contributed by atoms with Crippen molar-refractivity contribution in [2.75, 3.05) is 37.6 Å². The number of carbonyl (C=O) groups is 1. The molecule has 5 rings (SSSR count). The van der Waals surface area contributed by atoms with Crippen LogP contribution in [0.3, 0.4) is 0 Å². The summed E-state index contributed by atoms with van der Waals surface area (Å²) in [7, 11) is 0. The van der Waals surface area contributed by atoms with Crippen molar-refractivity contribution >= 4 is 22.5 Å². The lowest BCUT2D eigenvalue weighted by atomic mass is 10.1. The molecule has 0 spiro atoms. The zero-order valence-corrected chi connectivity index (χ0v) is 21.8. The highest BCUT2D eigenvalue weighted by atomic mass is 19.1. The number of benzene rings is 3. The van der Waals surface area contributed by atoms with Gasteiger partial charge in [-0.05, 0) is 61.9 Å². The predicted octanol–water partition coefficient (Wildman–Crippen LogP) is 3.97. The topological polar surface area (TPSA) is 70.5 Å². The SMILES string of the molecule is Cc1ccc(N2CCN(CCC(=O)NCc3nc4ccccc4c(=O)n3-c3ccc(F)cc3)CC2)c(C)c1. The minimum atomic E-state index is -0.389. The summed E-state index contributed by atoms with van der Waals surface area (Å²) in [5, 5.41) is 3.39. The second-order valence-corrected chi connectivity index (χ2v) is 9.81. The van der Waals surface area contributed by atoms with E-state index in [-0.39, 0.29) is 23.8 Å². The molecule has 1 saturated heterocycles. The van der Waals surface area contributed by atoms with Gasteiger partial charge in [0.2, 0.25) is 5.91 Å². The molecule has 7 nitrogen and oxygen atoms in total. The van der Waals surface area contributed by atoms with Gasteiger partial charge in [-0.3, -0.25) is 19.1 Å². The summed E-state index contributed by atoms with van der Waals surface area (Å²) in [6, 6.07) is 19.3. The van der Waals surface area contributed by atoms with Gasteiger partial charge >= 0.3 is 0 Å². The Morgan fingerprint density at radius 2 is 1.71 bits per heavy atom. The molecule has 1 aromatic heterocycles. The van der Waals surface area contributed by atoms with Crippen LogP contribution in [0.15, 0.2) is 71.5 Å². The smallest absolute Gasteiger partial charge is 0.266 e. The summed E-state index contributed by atoms with van der Waals surface area (Å²) >= 11 is 0. The summed E-state index contributed by atoms with van der Waals surface area (Å²) in [5.74, 6) is -0.0918. The highest BCUT2D eigenvalue weighted by Crippen LogP contribution is 2.22. The number of hydrogen-bond acceptors (Lipinski definition) is 5. The molecule has 8 heteroatoms. The minimum absolute atomic E-state index is 0.0940. The molecule has 0 atom stereocenters. The molecular formula is C30H32FN5O2. The van der Waals surface area contributed by atoms with E-state index in [1.165, 1.54) is 45.6 Å². The maximum Gasteiger partial charge on any atom is 0.266 e. The molecule has 1 aliphatic heterocycles. The fourth-order valence-electron chi connectivity index (χ4n) is 5.05. The Labute approximate surface area is 221 Å². The number of carbonyl (C=O) groups excluding carboxylic acids is 1. The largest absolute Gasteiger partial charge is 0.369 e. The van der Waals surface area contributed by atoms with Gasteiger partial charge < -0.3 is 10.2 Å². The lowest BCUT2D eigenvalue weighted by Crippen LogP contribution is -2.47. The first-order valence-corrected chi connectivity index (χ1v) is 13.0. The van der Waals surface area contributed by atoms with Gasteiger partial charge in [-0.15, -0.1) is 0 Å². The third-order valence-electron chi connectivity index (χ3n) is 7.09. The molecule has 1 fully saturated rings. The molecular weight excluding hydrogens is 481 g/mol. The van der Waals surface area contributed by atoms with Crippen molar-refractivity contribution in [1.29, 1.82) is 0 Å². The predicted molar refractivity (Wildman–Crippen MR) is 148 cm³/mol. The Balaban J connectivity index is 1.21. The van der Waals surface area contributed by atoms with Crippen LogP contribution >= 0.6 is 0 Å². The van der Waals surface area contributed by atoms with Crippen molar-refractivity contribution in [1.82, 2.24) is 19.8 Å². The summed E-state index contributed by atoms with van der Waals surface area (Å²) in [4.78, 5) is 35.4. The van der Waals surface area contributed by atoms with E-state index in [9.17, 15) is 14.0 Å². The number of nitrogens with zero attached hydrogens (tertiary/aromatic N) is 4. The van der Waals surface area contributed by atoms with E-state index in [1.54, 1.807) is 18.2 Å². The first kappa shape index (κ1) is 25.6. The van der Waals surface area contributed by atoms with Crippen LogP contribution in [0.5, 0.6) is 0 Å². The van der Waals surface area contributed by atoms with Gasteiger partial charge in [-0.1, -0.05) is 29.8 Å². The molecule has 1 N–H and O–H groups in total. The summed E-state index contributed by atoms with van der Waals surface area (Å²) in [6.07, 6.45) is 0.359. The van der Waals surface area contributed by atoms with E-state index in [4.69, 9.17) is 0 Å². The number of aryl methyl sites for hydroxylation is 2. The monoisotopic (exact) mass is 513 g/mol. The number of rotatable bonds is 7.